The number of alkyl halides is 3. The number of benzene rings is 1. The van der Waals surface area contributed by atoms with Crippen molar-refractivity contribution in [3.63, 3.8) is 0 Å². The number of rotatable bonds is 7. The minimum atomic E-state index is -4.36. The Balaban J connectivity index is 2.52. The van der Waals surface area contributed by atoms with E-state index in [1.54, 1.807) is 0 Å². The van der Waals surface area contributed by atoms with Crippen molar-refractivity contribution in [1.82, 2.24) is 5.32 Å². The number of nitrogens with one attached hydrogen (secondary N) is 2. The van der Waals surface area contributed by atoms with Gasteiger partial charge in [-0.1, -0.05) is 5.47 Å². The van der Waals surface area contributed by atoms with Crippen molar-refractivity contribution in [2.45, 2.75) is 6.18 Å². The van der Waals surface area contributed by atoms with Crippen LogP contribution < -0.4 is 16.4 Å². The zero-order valence-corrected chi connectivity index (χ0v) is 12.5. The maximum atomic E-state index is 12.4. The predicted octanol–water partition coefficient (Wildman–Crippen LogP) is 1.22. The van der Waals surface area contributed by atoms with Crippen molar-refractivity contribution in [2.75, 3.05) is 32.1 Å². The van der Waals surface area contributed by atoms with Crippen molar-refractivity contribution < 1.29 is 22.7 Å². The molecule has 9 heteroatoms. The summed E-state index contributed by atoms with van der Waals surface area (Å²) in [6.45, 7) is 0.639. The second-order valence-corrected chi connectivity index (χ2v) is 4.52. The number of carbonyl (C=O) groups excluding carboxylic acids is 1. The predicted molar refractivity (Wildman–Crippen MR) is 81.8 cm³/mol. The number of esters is 1. The van der Waals surface area contributed by atoms with Crippen LogP contribution in [0.4, 0.5) is 18.9 Å². The van der Waals surface area contributed by atoms with Gasteiger partial charge in [-0.3, -0.25) is 0 Å². The minimum Gasteiger partial charge on any atom is -0.464 e. The molecule has 0 bridgehead atoms. The summed E-state index contributed by atoms with van der Waals surface area (Å²) in [4.78, 5) is 11.5. The quantitative estimate of drug-likeness (QED) is 0.304. The van der Waals surface area contributed by atoms with Gasteiger partial charge in [-0.15, -0.1) is 0 Å². The minimum absolute atomic E-state index is 0.0102. The Bertz CT molecular complexity index is 559. The summed E-state index contributed by atoms with van der Waals surface area (Å²) >= 11 is 0. The number of anilines is 1. The molecule has 0 aliphatic carbocycles. The third-order valence-electron chi connectivity index (χ3n) is 2.90. The summed E-state index contributed by atoms with van der Waals surface area (Å²) in [5.74, 6) is -0.637. The van der Waals surface area contributed by atoms with Crippen LogP contribution in [0.15, 0.2) is 35.4 Å². The first-order valence-electron chi connectivity index (χ1n) is 6.71. The van der Waals surface area contributed by atoms with Crippen LogP contribution in [0.2, 0.25) is 0 Å². The second kappa shape index (κ2) is 8.47. The van der Waals surface area contributed by atoms with Gasteiger partial charge < -0.3 is 21.1 Å². The van der Waals surface area contributed by atoms with Crippen molar-refractivity contribution >= 4 is 19.5 Å². The first-order valence-corrected chi connectivity index (χ1v) is 6.71. The molecule has 0 aliphatic rings. The van der Waals surface area contributed by atoms with Crippen molar-refractivity contribution in [1.29, 1.82) is 0 Å². The summed E-state index contributed by atoms with van der Waals surface area (Å²) in [7, 11) is 6.83. The lowest BCUT2D eigenvalue weighted by Gasteiger charge is -2.14. The third kappa shape index (κ3) is 5.86. The van der Waals surface area contributed by atoms with E-state index in [2.05, 4.69) is 15.4 Å². The Hall–Kier alpha value is -2.16. The van der Waals surface area contributed by atoms with E-state index in [1.807, 2.05) is 0 Å². The molecule has 1 aromatic carbocycles. The highest BCUT2D eigenvalue weighted by molar-refractivity contribution is 6.24. The zero-order valence-electron chi connectivity index (χ0n) is 12.5. The molecule has 5 nitrogen and oxygen atoms in total. The molecule has 0 aliphatic heterocycles. The van der Waals surface area contributed by atoms with Gasteiger partial charge >= 0.3 is 12.1 Å². The second-order valence-electron chi connectivity index (χ2n) is 4.52. The van der Waals surface area contributed by atoms with E-state index in [1.165, 1.54) is 19.2 Å². The number of nitrogens with two attached hydrogens (primary N) is 1. The Morgan fingerprint density at radius 2 is 1.87 bits per heavy atom. The Labute approximate surface area is 133 Å². The molecule has 0 aromatic heterocycles. The molecule has 2 radical (unpaired) electrons. The van der Waals surface area contributed by atoms with Crippen LogP contribution in [0.3, 0.4) is 0 Å². The fraction of sp³-hybridized carbons (Fsp3) is 0.357. The largest absolute Gasteiger partial charge is 0.464 e. The van der Waals surface area contributed by atoms with Gasteiger partial charge in [0.2, 0.25) is 0 Å². The molecule has 124 valence electrons. The monoisotopic (exact) mass is 327 g/mol. The summed E-state index contributed by atoms with van der Waals surface area (Å²) in [6, 6.07) is 4.63. The number of ether oxygens (including phenoxy) is 1. The van der Waals surface area contributed by atoms with E-state index in [0.717, 1.165) is 12.1 Å². The maximum Gasteiger partial charge on any atom is 0.416 e. The highest BCUT2D eigenvalue weighted by Crippen LogP contribution is 2.29. The van der Waals surface area contributed by atoms with Gasteiger partial charge in [-0.2, -0.15) is 13.2 Å². The van der Waals surface area contributed by atoms with Gasteiger partial charge in [0.15, 0.2) is 0 Å². The number of methoxy groups -OCH3 is 1. The van der Waals surface area contributed by atoms with Gasteiger partial charge in [0.25, 0.3) is 0 Å². The van der Waals surface area contributed by atoms with Gasteiger partial charge in [-0.05, 0) is 24.3 Å². The summed E-state index contributed by atoms with van der Waals surface area (Å²) in [5, 5.41) is 5.70. The molecule has 23 heavy (non-hydrogen) atoms. The van der Waals surface area contributed by atoms with Crippen molar-refractivity contribution in [3.8, 4) is 0 Å². The fourth-order valence-corrected chi connectivity index (χ4v) is 1.69. The zero-order chi connectivity index (χ0) is 17.5. The van der Waals surface area contributed by atoms with Crippen LogP contribution in [0, 0.1) is 0 Å². The third-order valence-corrected chi connectivity index (χ3v) is 2.90. The molecule has 1 aromatic rings. The lowest BCUT2D eigenvalue weighted by Crippen LogP contribution is -2.29. The highest BCUT2D eigenvalue weighted by Gasteiger charge is 2.29. The molecular weight excluding hydrogens is 310 g/mol. The average Bonchev–Trinajstić information content (AvgIpc) is 2.53. The molecule has 0 heterocycles. The summed E-state index contributed by atoms with van der Waals surface area (Å²) in [6.07, 6.45) is -4.36. The smallest absolute Gasteiger partial charge is 0.416 e. The lowest BCUT2D eigenvalue weighted by atomic mass is 9.93. The molecule has 0 fully saturated rings. The molecule has 0 atom stereocenters. The SMILES string of the molecule is [B]/C(CN)=C(/NCCNc1ccc(C(F)(F)F)cc1)C(=O)OC. The number of carbonyl (C=O) groups is 1. The molecule has 4 N–H and O–H groups in total. The highest BCUT2D eigenvalue weighted by atomic mass is 19.4. The summed E-state index contributed by atoms with van der Waals surface area (Å²) < 4.78 is 41.9. The molecule has 0 saturated heterocycles. The van der Waals surface area contributed by atoms with E-state index >= 15 is 0 Å². The number of hydrogen-bond acceptors (Lipinski definition) is 5. The van der Waals surface area contributed by atoms with Crippen molar-refractivity contribution in [3.05, 3.63) is 41.0 Å². The Morgan fingerprint density at radius 3 is 2.35 bits per heavy atom. The maximum absolute atomic E-state index is 12.4. The molecule has 0 unspecified atom stereocenters. The van der Waals surface area contributed by atoms with Crippen LogP contribution >= 0.6 is 0 Å². The number of hydrogen-bond donors (Lipinski definition) is 3. The Morgan fingerprint density at radius 1 is 1.26 bits per heavy atom. The van der Waals surface area contributed by atoms with E-state index in [-0.39, 0.29) is 17.7 Å². The molecular formula is C14H17BF3N3O2. The first kappa shape index (κ1) is 18.9. The van der Waals surface area contributed by atoms with Crippen LogP contribution in [0.1, 0.15) is 5.56 Å². The van der Waals surface area contributed by atoms with Crippen LogP contribution in [-0.2, 0) is 15.7 Å². The molecule has 0 spiro atoms. The molecule has 1 rings (SSSR count). The average molecular weight is 327 g/mol. The Kier molecular flexibility index (Phi) is 6.96. The van der Waals surface area contributed by atoms with Crippen molar-refractivity contribution in [2.24, 2.45) is 5.73 Å². The van der Waals surface area contributed by atoms with Gasteiger partial charge in [0.1, 0.15) is 13.5 Å². The number of halogens is 3. The van der Waals surface area contributed by atoms with Crippen LogP contribution in [0.25, 0.3) is 0 Å². The standard InChI is InChI=1S/C14H17BF3N3O2/c1-23-13(22)12(11(15)8-19)21-7-6-20-10-4-2-9(3-5-10)14(16,17)18/h2-5,20-21H,6-8,19H2,1H3/b12-11+. The lowest BCUT2D eigenvalue weighted by molar-refractivity contribution is -0.138. The topological polar surface area (TPSA) is 76.4 Å². The van der Waals surface area contributed by atoms with Gasteiger partial charge in [0.05, 0.1) is 12.7 Å². The normalized spacial score (nSPS) is 12.4. The van der Waals surface area contributed by atoms with E-state index < -0.39 is 17.7 Å². The molecule has 0 saturated carbocycles. The van der Waals surface area contributed by atoms with E-state index in [4.69, 9.17) is 13.6 Å². The van der Waals surface area contributed by atoms with Crippen LogP contribution in [0.5, 0.6) is 0 Å². The molecule has 0 amide bonds. The van der Waals surface area contributed by atoms with Gasteiger partial charge in [0, 0.05) is 25.3 Å². The van der Waals surface area contributed by atoms with E-state index in [9.17, 15) is 18.0 Å². The first-order chi connectivity index (χ1) is 10.8. The van der Waals surface area contributed by atoms with Crippen LogP contribution in [-0.4, -0.2) is 40.6 Å². The van der Waals surface area contributed by atoms with E-state index in [0.29, 0.717) is 18.8 Å². The van der Waals surface area contributed by atoms with Gasteiger partial charge in [-0.25, -0.2) is 4.79 Å². The fourth-order valence-electron chi connectivity index (χ4n) is 1.69. The summed E-state index contributed by atoms with van der Waals surface area (Å²) in [5.41, 5.74) is 5.41.